The minimum Gasteiger partial charge on any atom is -0.508 e. The number of fused-ring (bicyclic) bond motifs is 3. The van der Waals surface area contributed by atoms with Crippen LogP contribution in [0, 0.1) is 11.8 Å². The van der Waals surface area contributed by atoms with E-state index >= 15 is 0 Å². The Morgan fingerprint density at radius 1 is 1.14 bits per heavy atom. The minimum absolute atomic E-state index is 0.0449. The molecule has 1 aromatic carbocycles. The maximum atomic E-state index is 13.9. The lowest BCUT2D eigenvalue weighted by Gasteiger charge is -2.50. The SMILES string of the molecule is CN(C)c1cc(C(=O)CO)c(O)c2c1C[C@H]1C[C@H]3[C@H](N(C)C)C(=O)C(C(N)=O)=C(O)[C@@]3(O)C(=O)C1=C2O. The molecular weight excluding hydrogens is 486 g/mol. The van der Waals surface area contributed by atoms with Crippen LogP contribution in [-0.4, -0.2) is 100 Å². The molecule has 3 aliphatic carbocycles. The lowest BCUT2D eigenvalue weighted by atomic mass is 9.57. The molecule has 198 valence electrons. The molecule has 4 rings (SSSR count). The Bertz CT molecular complexity index is 1330. The van der Waals surface area contributed by atoms with Gasteiger partial charge in [-0.15, -0.1) is 0 Å². The van der Waals surface area contributed by atoms with Crippen LogP contribution in [0.5, 0.6) is 5.75 Å². The number of aliphatic hydroxyl groups excluding tert-OH is 3. The fourth-order valence-corrected chi connectivity index (χ4v) is 5.99. The highest BCUT2D eigenvalue weighted by Gasteiger charge is 2.64. The topological polar surface area (TPSA) is 202 Å². The van der Waals surface area contributed by atoms with Crippen molar-refractivity contribution in [3.63, 3.8) is 0 Å². The van der Waals surface area contributed by atoms with Gasteiger partial charge in [-0.2, -0.15) is 0 Å². The number of hydrogen-bond donors (Lipinski definition) is 6. The number of benzene rings is 1. The largest absolute Gasteiger partial charge is 0.508 e. The molecule has 12 nitrogen and oxygen atoms in total. The van der Waals surface area contributed by atoms with E-state index in [-0.39, 0.29) is 29.5 Å². The number of phenols is 1. The maximum Gasteiger partial charge on any atom is 0.255 e. The molecule has 0 unspecified atom stereocenters. The fraction of sp³-hybridized carbons (Fsp3) is 0.440. The summed E-state index contributed by atoms with van der Waals surface area (Å²) in [5, 5.41) is 54.1. The first-order chi connectivity index (χ1) is 17.2. The third-order valence-corrected chi connectivity index (χ3v) is 7.62. The molecule has 37 heavy (non-hydrogen) atoms. The van der Waals surface area contributed by atoms with Gasteiger partial charge in [0.25, 0.3) is 5.91 Å². The van der Waals surface area contributed by atoms with Crippen LogP contribution in [0.3, 0.4) is 0 Å². The van der Waals surface area contributed by atoms with E-state index in [1.54, 1.807) is 19.0 Å². The molecule has 0 heterocycles. The number of aliphatic hydroxyl groups is 4. The predicted molar refractivity (Wildman–Crippen MR) is 130 cm³/mol. The number of nitrogens with zero attached hydrogens (tertiary/aromatic N) is 2. The first-order valence-electron chi connectivity index (χ1n) is 11.5. The number of likely N-dealkylation sites (N-methyl/N-ethyl adjacent to an activating group) is 1. The second-order valence-corrected chi connectivity index (χ2v) is 10.1. The van der Waals surface area contributed by atoms with E-state index < -0.39 is 76.2 Å². The Morgan fingerprint density at radius 2 is 1.76 bits per heavy atom. The summed E-state index contributed by atoms with van der Waals surface area (Å²) < 4.78 is 0. The van der Waals surface area contributed by atoms with Gasteiger partial charge in [0, 0.05) is 31.3 Å². The first-order valence-corrected chi connectivity index (χ1v) is 11.5. The number of anilines is 1. The van der Waals surface area contributed by atoms with Crippen LogP contribution in [0.25, 0.3) is 5.76 Å². The summed E-state index contributed by atoms with van der Waals surface area (Å²) in [6.07, 6.45) is 0.0416. The van der Waals surface area contributed by atoms with Crippen molar-refractivity contribution in [1.29, 1.82) is 0 Å². The first kappa shape index (κ1) is 26.3. The molecule has 0 radical (unpaired) electrons. The summed E-state index contributed by atoms with van der Waals surface area (Å²) in [5.74, 6) is -8.55. The van der Waals surface area contributed by atoms with Gasteiger partial charge in [-0.25, -0.2) is 0 Å². The number of phenolic OH excluding ortho intramolecular Hbond substituents is 1. The van der Waals surface area contributed by atoms with Crippen LogP contribution in [0.2, 0.25) is 0 Å². The molecular formula is C25H29N3O9. The second kappa shape index (κ2) is 8.68. The van der Waals surface area contributed by atoms with Gasteiger partial charge in [-0.3, -0.25) is 24.1 Å². The Kier molecular flexibility index (Phi) is 6.18. The van der Waals surface area contributed by atoms with Crippen LogP contribution in [0.1, 0.15) is 27.9 Å². The Balaban J connectivity index is 2.02. The van der Waals surface area contributed by atoms with E-state index in [9.17, 15) is 44.7 Å². The lowest BCUT2D eigenvalue weighted by Crippen LogP contribution is -2.65. The molecule has 3 aliphatic rings. The third-order valence-electron chi connectivity index (χ3n) is 7.62. The molecule has 0 spiro atoms. The van der Waals surface area contributed by atoms with Gasteiger partial charge < -0.3 is 36.2 Å². The highest BCUT2D eigenvalue weighted by Crippen LogP contribution is 2.54. The minimum atomic E-state index is -2.75. The van der Waals surface area contributed by atoms with Crippen molar-refractivity contribution in [3.05, 3.63) is 39.7 Å². The smallest absolute Gasteiger partial charge is 0.255 e. The highest BCUT2D eigenvalue weighted by molar-refractivity contribution is 6.24. The highest BCUT2D eigenvalue weighted by atomic mass is 16.3. The van der Waals surface area contributed by atoms with Crippen LogP contribution >= 0.6 is 0 Å². The predicted octanol–water partition coefficient (Wildman–Crippen LogP) is -0.795. The monoisotopic (exact) mass is 515 g/mol. The molecule has 1 saturated carbocycles. The number of rotatable bonds is 5. The van der Waals surface area contributed by atoms with Gasteiger partial charge in [-0.1, -0.05) is 0 Å². The normalized spacial score (nSPS) is 27.2. The Morgan fingerprint density at radius 3 is 2.27 bits per heavy atom. The molecule has 1 amide bonds. The average molecular weight is 516 g/mol. The van der Waals surface area contributed by atoms with Gasteiger partial charge in [0.1, 0.15) is 29.4 Å². The number of nitrogens with two attached hydrogens (primary N) is 1. The van der Waals surface area contributed by atoms with Gasteiger partial charge in [0.2, 0.25) is 5.78 Å². The molecule has 0 bridgehead atoms. The maximum absolute atomic E-state index is 13.9. The molecule has 0 saturated heterocycles. The van der Waals surface area contributed by atoms with E-state index in [0.717, 1.165) is 0 Å². The summed E-state index contributed by atoms with van der Waals surface area (Å²) in [4.78, 5) is 54.4. The van der Waals surface area contributed by atoms with Crippen molar-refractivity contribution in [2.75, 3.05) is 39.7 Å². The van der Waals surface area contributed by atoms with Crippen molar-refractivity contribution in [2.45, 2.75) is 24.5 Å². The zero-order valence-electron chi connectivity index (χ0n) is 20.8. The molecule has 12 heteroatoms. The number of amides is 1. The van der Waals surface area contributed by atoms with Crippen molar-refractivity contribution < 1.29 is 44.7 Å². The molecule has 1 aromatic rings. The summed E-state index contributed by atoms with van der Waals surface area (Å²) in [7, 11) is 6.40. The van der Waals surface area contributed by atoms with E-state index in [2.05, 4.69) is 0 Å². The number of ketones is 3. The van der Waals surface area contributed by atoms with Gasteiger partial charge in [0.15, 0.2) is 17.2 Å². The number of carbonyl (C=O) groups is 4. The van der Waals surface area contributed by atoms with E-state index in [1.165, 1.54) is 25.1 Å². The fourth-order valence-electron chi connectivity index (χ4n) is 5.99. The lowest BCUT2D eigenvalue weighted by molar-refractivity contribution is -0.153. The Labute approximate surface area is 211 Å². The average Bonchev–Trinajstić information content (AvgIpc) is 2.80. The van der Waals surface area contributed by atoms with Crippen molar-refractivity contribution in [3.8, 4) is 5.75 Å². The molecule has 0 aromatic heterocycles. The number of Topliss-reactive ketones (excluding diaryl/α,β-unsaturated/α-hetero) is 3. The van der Waals surface area contributed by atoms with Crippen LogP contribution in [-0.2, 0) is 20.8 Å². The quantitative estimate of drug-likeness (QED) is 0.212. The second-order valence-electron chi connectivity index (χ2n) is 10.1. The number of hydrogen-bond acceptors (Lipinski definition) is 11. The third kappa shape index (κ3) is 3.47. The number of carbonyl (C=O) groups excluding carboxylic acids is 4. The summed E-state index contributed by atoms with van der Waals surface area (Å²) in [6.45, 7) is -0.909. The number of aromatic hydroxyl groups is 1. The molecule has 4 atom stereocenters. The molecule has 7 N–H and O–H groups in total. The molecule has 1 fully saturated rings. The summed E-state index contributed by atoms with van der Waals surface area (Å²) in [5.41, 5.74) is 1.74. The van der Waals surface area contributed by atoms with Crippen molar-refractivity contribution >= 4 is 34.7 Å². The summed E-state index contributed by atoms with van der Waals surface area (Å²) >= 11 is 0. The molecule has 0 aliphatic heterocycles. The zero-order chi connectivity index (χ0) is 27.7. The van der Waals surface area contributed by atoms with Crippen LogP contribution in [0.4, 0.5) is 5.69 Å². The van der Waals surface area contributed by atoms with Crippen molar-refractivity contribution in [1.82, 2.24) is 4.90 Å². The van der Waals surface area contributed by atoms with Crippen LogP contribution < -0.4 is 10.6 Å². The van der Waals surface area contributed by atoms with E-state index in [4.69, 9.17) is 5.73 Å². The van der Waals surface area contributed by atoms with E-state index in [0.29, 0.717) is 11.3 Å². The number of primary amides is 1. The van der Waals surface area contributed by atoms with Gasteiger partial charge >= 0.3 is 0 Å². The van der Waals surface area contributed by atoms with Gasteiger partial charge in [0.05, 0.1) is 17.2 Å². The van der Waals surface area contributed by atoms with E-state index in [1.807, 2.05) is 0 Å². The van der Waals surface area contributed by atoms with Crippen molar-refractivity contribution in [2.24, 2.45) is 17.6 Å². The summed E-state index contributed by atoms with van der Waals surface area (Å²) in [6, 6.07) is 0.204. The zero-order valence-corrected chi connectivity index (χ0v) is 20.8. The van der Waals surface area contributed by atoms with Crippen LogP contribution in [0.15, 0.2) is 23.0 Å². The Hall–Kier alpha value is -3.74. The van der Waals surface area contributed by atoms with Gasteiger partial charge in [-0.05, 0) is 44.5 Å². The standard InChI is InChI=1S/C25H29N3O9/c1-27(2)13-7-11(14(30)8-29)19(31)16-10(13)5-9-6-12-18(28(3)4)21(33)17(24(26)36)23(35)25(12,37)22(34)15(9)20(16)32/h7,9,12,18,29,31-32,35,37H,5-6,8H2,1-4H3,(H2,26,36)/t9-,12-,18-,25-/m0/s1.